The first-order chi connectivity index (χ1) is 12.7. The molecule has 0 saturated carbocycles. The Kier molecular flexibility index (Phi) is 4.03. The van der Waals surface area contributed by atoms with E-state index in [1.54, 1.807) is 30.3 Å². The number of aromatic nitrogens is 5. The largest absolute Gasteiger partial charge is 0.423 e. The molecule has 26 heavy (non-hydrogen) atoms. The summed E-state index contributed by atoms with van der Waals surface area (Å²) >= 11 is 0. The van der Waals surface area contributed by atoms with E-state index < -0.39 is 5.97 Å². The summed E-state index contributed by atoms with van der Waals surface area (Å²) in [5.74, 6) is 0.0449. The Morgan fingerprint density at radius 2 is 1.81 bits per heavy atom. The van der Waals surface area contributed by atoms with Crippen molar-refractivity contribution in [3.8, 4) is 17.1 Å². The Hall–Kier alpha value is -3.74. The third-order valence-electron chi connectivity index (χ3n) is 3.99. The molecule has 0 aliphatic carbocycles. The van der Waals surface area contributed by atoms with Crippen LogP contribution in [0.4, 0.5) is 0 Å². The van der Waals surface area contributed by atoms with Crippen LogP contribution in [0.25, 0.3) is 11.4 Å². The number of aryl methyl sites for hydroxylation is 1. The first-order valence-electron chi connectivity index (χ1n) is 8.00. The van der Waals surface area contributed by atoms with Crippen LogP contribution in [0.2, 0.25) is 0 Å². The molecule has 0 radical (unpaired) electrons. The quantitative estimate of drug-likeness (QED) is 0.420. The lowest BCUT2D eigenvalue weighted by molar-refractivity contribution is 0.0734. The summed E-state index contributed by atoms with van der Waals surface area (Å²) < 4.78 is 8.96. The average Bonchev–Trinajstić information content (AvgIpc) is 3.37. The third kappa shape index (κ3) is 3.10. The van der Waals surface area contributed by atoms with Crippen LogP contribution in [-0.4, -0.2) is 30.7 Å². The van der Waals surface area contributed by atoms with E-state index in [-0.39, 0.29) is 0 Å². The molecule has 0 atom stereocenters. The fraction of sp³-hybridized carbons (Fsp3) is 0.0526. The maximum Gasteiger partial charge on any atom is 0.343 e. The number of tetrazole rings is 1. The number of hydrogen-bond acceptors (Lipinski definition) is 5. The van der Waals surface area contributed by atoms with E-state index >= 15 is 0 Å². The molecule has 0 unspecified atom stereocenters. The van der Waals surface area contributed by atoms with E-state index in [0.717, 1.165) is 16.9 Å². The Morgan fingerprint density at radius 1 is 1.04 bits per heavy atom. The minimum Gasteiger partial charge on any atom is -0.423 e. The van der Waals surface area contributed by atoms with Crippen molar-refractivity contribution in [1.29, 1.82) is 0 Å². The average molecular weight is 345 g/mol. The molecule has 7 nitrogen and oxygen atoms in total. The second-order valence-electron chi connectivity index (χ2n) is 5.73. The number of ether oxygens (including phenoxy) is 1. The van der Waals surface area contributed by atoms with Gasteiger partial charge in [-0.05, 0) is 71.4 Å². The summed E-state index contributed by atoms with van der Waals surface area (Å²) in [4.78, 5) is 12.5. The Balaban J connectivity index is 1.54. The zero-order valence-corrected chi connectivity index (χ0v) is 14.0. The highest BCUT2D eigenvalue weighted by Gasteiger charge is 2.12. The van der Waals surface area contributed by atoms with E-state index in [1.165, 1.54) is 11.0 Å². The van der Waals surface area contributed by atoms with Gasteiger partial charge in [-0.2, -0.15) is 0 Å². The molecule has 2 aromatic heterocycles. The number of nitrogens with zero attached hydrogens (tertiary/aromatic N) is 5. The standard InChI is InChI=1S/C19H15N5O2/c1-14-4-5-15(12-18(14)23-10-2-3-11-23)19(25)26-17-8-6-16(7-9-17)24-13-20-21-22-24/h2-13H,1H3. The highest BCUT2D eigenvalue weighted by molar-refractivity contribution is 5.91. The van der Waals surface area contributed by atoms with Crippen molar-refractivity contribution in [2.24, 2.45) is 0 Å². The van der Waals surface area contributed by atoms with Gasteiger partial charge in [-0.25, -0.2) is 9.48 Å². The molecule has 7 heteroatoms. The van der Waals surface area contributed by atoms with Crippen molar-refractivity contribution in [2.75, 3.05) is 0 Å². The molecule has 2 aromatic carbocycles. The minimum atomic E-state index is -0.409. The van der Waals surface area contributed by atoms with Gasteiger partial charge in [0.1, 0.15) is 12.1 Å². The van der Waals surface area contributed by atoms with Crippen LogP contribution < -0.4 is 4.74 Å². The lowest BCUT2D eigenvalue weighted by Crippen LogP contribution is -2.09. The van der Waals surface area contributed by atoms with Crippen LogP contribution in [0.1, 0.15) is 15.9 Å². The Bertz CT molecular complexity index is 1020. The highest BCUT2D eigenvalue weighted by Crippen LogP contribution is 2.19. The van der Waals surface area contributed by atoms with E-state index in [0.29, 0.717) is 11.3 Å². The molecule has 0 amide bonds. The van der Waals surface area contributed by atoms with Crippen molar-refractivity contribution >= 4 is 5.97 Å². The first kappa shape index (κ1) is 15.8. The predicted octanol–water partition coefficient (Wildman–Crippen LogP) is 2.98. The number of carbonyl (C=O) groups is 1. The van der Waals surface area contributed by atoms with Gasteiger partial charge in [-0.15, -0.1) is 5.10 Å². The van der Waals surface area contributed by atoms with Gasteiger partial charge in [0.15, 0.2) is 0 Å². The summed E-state index contributed by atoms with van der Waals surface area (Å²) in [6, 6.07) is 16.3. The Labute approximate surface area is 149 Å². The summed E-state index contributed by atoms with van der Waals surface area (Å²) in [7, 11) is 0. The smallest absolute Gasteiger partial charge is 0.343 e. The lowest BCUT2D eigenvalue weighted by atomic mass is 10.1. The summed E-state index contributed by atoms with van der Waals surface area (Å²) in [6.45, 7) is 2.00. The molecule has 0 aliphatic heterocycles. The van der Waals surface area contributed by atoms with E-state index in [1.807, 2.05) is 48.1 Å². The topological polar surface area (TPSA) is 74.8 Å². The Morgan fingerprint density at radius 3 is 2.50 bits per heavy atom. The van der Waals surface area contributed by atoms with Crippen LogP contribution in [0.5, 0.6) is 5.75 Å². The van der Waals surface area contributed by atoms with Crippen molar-refractivity contribution < 1.29 is 9.53 Å². The summed E-state index contributed by atoms with van der Waals surface area (Å²) in [6.07, 6.45) is 5.38. The minimum absolute atomic E-state index is 0.409. The van der Waals surface area contributed by atoms with Crippen molar-refractivity contribution in [2.45, 2.75) is 6.92 Å². The molecule has 0 bridgehead atoms. The van der Waals surface area contributed by atoms with Gasteiger partial charge >= 0.3 is 5.97 Å². The molecule has 0 saturated heterocycles. The second-order valence-corrected chi connectivity index (χ2v) is 5.73. The molecule has 0 N–H and O–H groups in total. The molecule has 0 fully saturated rings. The highest BCUT2D eigenvalue weighted by atomic mass is 16.5. The molecule has 4 rings (SSSR count). The number of benzene rings is 2. The summed E-state index contributed by atoms with van der Waals surface area (Å²) in [5, 5.41) is 11.0. The van der Waals surface area contributed by atoms with Gasteiger partial charge in [-0.1, -0.05) is 6.07 Å². The monoisotopic (exact) mass is 345 g/mol. The summed E-state index contributed by atoms with van der Waals surface area (Å²) in [5.41, 5.74) is 3.28. The molecular formula is C19H15N5O2. The fourth-order valence-electron chi connectivity index (χ4n) is 2.62. The number of carbonyl (C=O) groups excluding carboxylic acids is 1. The maximum atomic E-state index is 12.5. The van der Waals surface area contributed by atoms with E-state index in [9.17, 15) is 4.79 Å². The zero-order chi connectivity index (χ0) is 17.9. The molecule has 128 valence electrons. The molecular weight excluding hydrogens is 330 g/mol. The second kappa shape index (κ2) is 6.64. The van der Waals surface area contributed by atoms with E-state index in [2.05, 4.69) is 15.5 Å². The van der Waals surface area contributed by atoms with Crippen molar-refractivity contribution in [3.63, 3.8) is 0 Å². The maximum absolute atomic E-state index is 12.5. The van der Waals surface area contributed by atoms with Crippen molar-refractivity contribution in [1.82, 2.24) is 24.8 Å². The molecule has 0 aliphatic rings. The number of hydrogen-bond donors (Lipinski definition) is 0. The molecule has 4 aromatic rings. The number of esters is 1. The van der Waals surface area contributed by atoms with Crippen LogP contribution in [0.15, 0.2) is 73.3 Å². The van der Waals surface area contributed by atoms with Gasteiger partial charge in [0.2, 0.25) is 0 Å². The van der Waals surface area contributed by atoms with Gasteiger partial charge < -0.3 is 9.30 Å². The van der Waals surface area contributed by atoms with E-state index in [4.69, 9.17) is 4.74 Å². The van der Waals surface area contributed by atoms with Gasteiger partial charge in [-0.3, -0.25) is 0 Å². The fourth-order valence-corrected chi connectivity index (χ4v) is 2.62. The van der Waals surface area contributed by atoms with Crippen molar-refractivity contribution in [3.05, 3.63) is 84.4 Å². The number of rotatable bonds is 4. The van der Waals surface area contributed by atoms with Crippen LogP contribution >= 0.6 is 0 Å². The van der Waals surface area contributed by atoms with Gasteiger partial charge in [0.25, 0.3) is 0 Å². The third-order valence-corrected chi connectivity index (χ3v) is 3.99. The SMILES string of the molecule is Cc1ccc(C(=O)Oc2ccc(-n3cnnn3)cc2)cc1-n1cccc1. The lowest BCUT2D eigenvalue weighted by Gasteiger charge is -2.10. The van der Waals surface area contributed by atoms with Gasteiger partial charge in [0, 0.05) is 18.1 Å². The molecule has 2 heterocycles. The van der Waals surface area contributed by atoms with Crippen LogP contribution in [0.3, 0.4) is 0 Å². The van der Waals surface area contributed by atoms with Crippen LogP contribution in [0, 0.1) is 6.92 Å². The van der Waals surface area contributed by atoms with Crippen LogP contribution in [-0.2, 0) is 0 Å². The van der Waals surface area contributed by atoms with Gasteiger partial charge in [0.05, 0.1) is 11.3 Å². The zero-order valence-electron chi connectivity index (χ0n) is 14.0. The molecule has 0 spiro atoms. The first-order valence-corrected chi connectivity index (χ1v) is 8.00. The normalized spacial score (nSPS) is 10.7. The predicted molar refractivity (Wildman–Crippen MR) is 94.6 cm³/mol.